The highest BCUT2D eigenvalue weighted by molar-refractivity contribution is 4.95. The Morgan fingerprint density at radius 1 is 1.35 bits per heavy atom. The van der Waals surface area contributed by atoms with Gasteiger partial charge in [0.1, 0.15) is 6.10 Å². The summed E-state index contributed by atoms with van der Waals surface area (Å²) < 4.78 is 11.0. The van der Waals surface area contributed by atoms with Crippen LogP contribution < -0.4 is 5.73 Å². The Bertz CT molecular complexity index is 388. The van der Waals surface area contributed by atoms with E-state index in [-0.39, 0.29) is 6.10 Å². The zero-order chi connectivity index (χ0) is 14.4. The molecule has 1 fully saturated rings. The van der Waals surface area contributed by atoms with Crippen LogP contribution in [0.4, 0.5) is 0 Å². The summed E-state index contributed by atoms with van der Waals surface area (Å²) in [7, 11) is 1.74. The van der Waals surface area contributed by atoms with Crippen LogP contribution in [-0.4, -0.2) is 23.8 Å². The van der Waals surface area contributed by atoms with Crippen molar-refractivity contribution in [2.24, 2.45) is 17.6 Å². The van der Waals surface area contributed by atoms with Gasteiger partial charge in [-0.2, -0.15) is 4.98 Å². The largest absolute Gasteiger partial charge is 0.373 e. The summed E-state index contributed by atoms with van der Waals surface area (Å²) in [5.41, 5.74) is 5.62. The van der Waals surface area contributed by atoms with Crippen LogP contribution in [0, 0.1) is 11.8 Å². The van der Waals surface area contributed by atoms with Crippen LogP contribution in [0.1, 0.15) is 63.3 Å². The molecule has 0 aromatic carbocycles. The SMILES string of the molecule is COC(c1noc(CCC(C)CN)n1)C1CCCCC1. The number of aryl methyl sites for hydroxylation is 1. The lowest BCUT2D eigenvalue weighted by Gasteiger charge is -2.26. The molecule has 1 aromatic heterocycles. The summed E-state index contributed by atoms with van der Waals surface area (Å²) in [5.74, 6) is 2.44. The molecular weight excluding hydrogens is 254 g/mol. The predicted molar refractivity (Wildman–Crippen MR) is 77.2 cm³/mol. The van der Waals surface area contributed by atoms with Gasteiger partial charge in [-0.3, -0.25) is 0 Å². The van der Waals surface area contributed by atoms with E-state index in [1.54, 1.807) is 7.11 Å². The highest BCUT2D eigenvalue weighted by atomic mass is 16.5. The van der Waals surface area contributed by atoms with Crippen LogP contribution in [0.3, 0.4) is 0 Å². The Morgan fingerprint density at radius 3 is 2.75 bits per heavy atom. The van der Waals surface area contributed by atoms with Crippen molar-refractivity contribution in [1.29, 1.82) is 0 Å². The molecule has 0 bridgehead atoms. The molecule has 2 rings (SSSR count). The van der Waals surface area contributed by atoms with Gasteiger partial charge in [-0.1, -0.05) is 31.3 Å². The molecule has 0 aliphatic heterocycles. The molecule has 1 heterocycles. The van der Waals surface area contributed by atoms with E-state index >= 15 is 0 Å². The van der Waals surface area contributed by atoms with Crippen LogP contribution in [0.25, 0.3) is 0 Å². The zero-order valence-electron chi connectivity index (χ0n) is 12.7. The van der Waals surface area contributed by atoms with E-state index in [2.05, 4.69) is 17.1 Å². The maximum atomic E-state index is 5.63. The molecule has 2 unspecified atom stereocenters. The van der Waals surface area contributed by atoms with Crippen molar-refractivity contribution in [1.82, 2.24) is 10.1 Å². The lowest BCUT2D eigenvalue weighted by atomic mass is 9.85. The van der Waals surface area contributed by atoms with Crippen LogP contribution >= 0.6 is 0 Å². The minimum atomic E-state index is -0.0141. The van der Waals surface area contributed by atoms with Gasteiger partial charge in [0.25, 0.3) is 0 Å². The Hall–Kier alpha value is -0.940. The van der Waals surface area contributed by atoms with E-state index < -0.39 is 0 Å². The minimum absolute atomic E-state index is 0.0141. The van der Waals surface area contributed by atoms with Gasteiger partial charge in [-0.05, 0) is 37.6 Å². The quantitative estimate of drug-likeness (QED) is 0.831. The van der Waals surface area contributed by atoms with Gasteiger partial charge >= 0.3 is 0 Å². The molecule has 0 saturated heterocycles. The molecule has 114 valence electrons. The maximum absolute atomic E-state index is 5.63. The Labute approximate surface area is 121 Å². The van der Waals surface area contributed by atoms with Crippen LogP contribution in [-0.2, 0) is 11.2 Å². The first-order valence-electron chi connectivity index (χ1n) is 7.80. The number of ether oxygens (including phenoxy) is 1. The first-order valence-corrected chi connectivity index (χ1v) is 7.80. The fourth-order valence-corrected chi connectivity index (χ4v) is 2.92. The number of aromatic nitrogens is 2. The molecule has 0 radical (unpaired) electrons. The van der Waals surface area contributed by atoms with E-state index in [0.29, 0.717) is 24.3 Å². The molecule has 5 nitrogen and oxygen atoms in total. The van der Waals surface area contributed by atoms with Crippen molar-refractivity contribution < 1.29 is 9.26 Å². The smallest absolute Gasteiger partial charge is 0.226 e. The maximum Gasteiger partial charge on any atom is 0.226 e. The predicted octanol–water partition coefficient (Wildman–Crippen LogP) is 2.86. The third-order valence-electron chi connectivity index (χ3n) is 4.32. The van der Waals surface area contributed by atoms with E-state index in [1.807, 2.05) is 0 Å². The van der Waals surface area contributed by atoms with Crippen molar-refractivity contribution in [2.45, 2.75) is 58.0 Å². The Morgan fingerprint density at radius 2 is 2.10 bits per heavy atom. The summed E-state index contributed by atoms with van der Waals surface area (Å²) in [6, 6.07) is 0. The molecule has 0 amide bonds. The molecule has 2 atom stereocenters. The summed E-state index contributed by atoms with van der Waals surface area (Å²) in [4.78, 5) is 4.52. The van der Waals surface area contributed by atoms with Crippen molar-refractivity contribution in [3.63, 3.8) is 0 Å². The third-order valence-corrected chi connectivity index (χ3v) is 4.32. The number of nitrogens with two attached hydrogens (primary N) is 1. The van der Waals surface area contributed by atoms with Crippen LogP contribution in [0.15, 0.2) is 4.52 Å². The monoisotopic (exact) mass is 281 g/mol. The van der Waals surface area contributed by atoms with Gasteiger partial charge in [0.2, 0.25) is 11.7 Å². The Balaban J connectivity index is 1.94. The average Bonchev–Trinajstić information content (AvgIpc) is 2.95. The molecule has 5 heteroatoms. The number of nitrogens with zero attached hydrogens (tertiary/aromatic N) is 2. The second-order valence-electron chi connectivity index (χ2n) is 5.98. The lowest BCUT2D eigenvalue weighted by molar-refractivity contribution is 0.0273. The zero-order valence-corrected chi connectivity index (χ0v) is 12.7. The van der Waals surface area contributed by atoms with Gasteiger partial charge in [-0.15, -0.1) is 0 Å². The fourth-order valence-electron chi connectivity index (χ4n) is 2.92. The second-order valence-corrected chi connectivity index (χ2v) is 5.98. The number of rotatable bonds is 7. The van der Waals surface area contributed by atoms with E-state index in [9.17, 15) is 0 Å². The molecule has 1 aliphatic carbocycles. The first kappa shape index (κ1) is 15.4. The number of methoxy groups -OCH3 is 1. The highest BCUT2D eigenvalue weighted by Crippen LogP contribution is 2.35. The van der Waals surface area contributed by atoms with Gasteiger partial charge in [0.15, 0.2) is 0 Å². The van der Waals surface area contributed by atoms with Crippen molar-refractivity contribution in [3.8, 4) is 0 Å². The summed E-state index contributed by atoms with van der Waals surface area (Å²) in [6.07, 6.45) is 8.07. The molecular formula is C15H27N3O2. The summed E-state index contributed by atoms with van der Waals surface area (Å²) >= 11 is 0. The van der Waals surface area contributed by atoms with Gasteiger partial charge in [0.05, 0.1) is 0 Å². The number of hydrogen-bond donors (Lipinski definition) is 1. The first-order chi connectivity index (χ1) is 9.74. The topological polar surface area (TPSA) is 74.2 Å². The number of hydrogen-bond acceptors (Lipinski definition) is 5. The highest BCUT2D eigenvalue weighted by Gasteiger charge is 2.28. The molecule has 1 aliphatic rings. The third kappa shape index (κ3) is 4.03. The normalized spacial score (nSPS) is 19.9. The molecule has 20 heavy (non-hydrogen) atoms. The summed E-state index contributed by atoms with van der Waals surface area (Å²) in [5, 5.41) is 4.12. The Kier molecular flexibility index (Phi) is 5.98. The minimum Gasteiger partial charge on any atom is -0.373 e. The second kappa shape index (κ2) is 7.74. The van der Waals surface area contributed by atoms with E-state index in [0.717, 1.165) is 18.7 Å². The van der Waals surface area contributed by atoms with Gasteiger partial charge in [-0.25, -0.2) is 0 Å². The summed E-state index contributed by atoms with van der Waals surface area (Å²) in [6.45, 7) is 2.83. The van der Waals surface area contributed by atoms with E-state index in [4.69, 9.17) is 15.0 Å². The fraction of sp³-hybridized carbons (Fsp3) is 0.867. The lowest BCUT2D eigenvalue weighted by Crippen LogP contribution is -2.19. The van der Waals surface area contributed by atoms with Gasteiger partial charge < -0.3 is 15.0 Å². The molecule has 0 spiro atoms. The van der Waals surface area contributed by atoms with Crippen molar-refractivity contribution in [3.05, 3.63) is 11.7 Å². The molecule has 1 aromatic rings. The van der Waals surface area contributed by atoms with Crippen molar-refractivity contribution in [2.75, 3.05) is 13.7 Å². The standard InChI is InChI=1S/C15H27N3O2/c1-11(10-16)8-9-13-17-15(18-20-13)14(19-2)12-6-4-3-5-7-12/h11-12,14H,3-10,16H2,1-2H3. The van der Waals surface area contributed by atoms with Crippen LogP contribution in [0.2, 0.25) is 0 Å². The average molecular weight is 281 g/mol. The molecule has 1 saturated carbocycles. The van der Waals surface area contributed by atoms with Gasteiger partial charge in [0, 0.05) is 13.5 Å². The van der Waals surface area contributed by atoms with Crippen molar-refractivity contribution >= 4 is 0 Å². The molecule has 2 N–H and O–H groups in total. The van der Waals surface area contributed by atoms with Crippen LogP contribution in [0.5, 0.6) is 0 Å². The van der Waals surface area contributed by atoms with E-state index in [1.165, 1.54) is 32.1 Å².